The van der Waals surface area contributed by atoms with Gasteiger partial charge in [-0.15, -0.1) is 0 Å². The van der Waals surface area contributed by atoms with Crippen LogP contribution < -0.4 is 15.4 Å². The molecule has 10 rings (SSSR count). The van der Waals surface area contributed by atoms with E-state index in [2.05, 4.69) is 58.7 Å². The van der Waals surface area contributed by atoms with E-state index < -0.39 is 24.3 Å². The van der Waals surface area contributed by atoms with Gasteiger partial charge in [0.25, 0.3) is 11.8 Å². The molecule has 2 aromatic heterocycles. The molecule has 15 nitrogen and oxygen atoms in total. The van der Waals surface area contributed by atoms with Crippen LogP contribution in [0.3, 0.4) is 0 Å². The lowest BCUT2D eigenvalue weighted by atomic mass is 9.79. The van der Waals surface area contributed by atoms with Crippen molar-refractivity contribution in [2.24, 2.45) is 11.8 Å². The summed E-state index contributed by atoms with van der Waals surface area (Å²) in [6.45, 7) is 5.70. The lowest BCUT2D eigenvalue weighted by Gasteiger charge is -2.30. The molecule has 3 aliphatic heterocycles. The van der Waals surface area contributed by atoms with Crippen molar-refractivity contribution in [3.63, 3.8) is 0 Å². The highest BCUT2D eigenvalue weighted by Gasteiger charge is 2.42. The van der Waals surface area contributed by atoms with Crippen LogP contribution in [0, 0.1) is 11.8 Å². The quantitative estimate of drug-likeness (QED) is 0.105. The normalized spacial score (nSPS) is 20.2. The maximum atomic E-state index is 14.2. The zero-order valence-electron chi connectivity index (χ0n) is 37.3. The summed E-state index contributed by atoms with van der Waals surface area (Å²) < 4.78 is 16.3. The number of nitrogens with one attached hydrogen (secondary N) is 4. The first-order chi connectivity index (χ1) is 32.1. The number of carbonyl (C=O) groups is 4. The molecule has 4 N–H and O–H groups in total. The van der Waals surface area contributed by atoms with Crippen LogP contribution >= 0.6 is 0 Å². The van der Waals surface area contributed by atoms with E-state index in [0.29, 0.717) is 42.5 Å². The van der Waals surface area contributed by atoms with Gasteiger partial charge in [-0.2, -0.15) is 0 Å². The minimum Gasteiger partial charge on any atom is -0.488 e. The second-order valence-corrected chi connectivity index (χ2v) is 18.0. The van der Waals surface area contributed by atoms with Gasteiger partial charge in [-0.3, -0.25) is 9.59 Å². The predicted octanol–water partition coefficient (Wildman–Crippen LogP) is 8.14. The molecule has 4 aliphatic rings. The fraction of sp³-hybridized carbons (Fsp3) is 0.333. The number of imidazole rings is 2. The molecule has 15 heteroatoms. The van der Waals surface area contributed by atoms with E-state index in [1.54, 1.807) is 0 Å². The average Bonchev–Trinajstić information content (AvgIpc) is 4.18. The number of likely N-dealkylation sites (tertiary alicyclic amines) is 2. The number of ether oxygens (including phenoxy) is 3. The summed E-state index contributed by atoms with van der Waals surface area (Å²) in [6.07, 6.45) is 5.44. The summed E-state index contributed by atoms with van der Waals surface area (Å²) in [5.41, 5.74) is 10.9. The molecule has 0 saturated carbocycles. The Bertz CT molecular complexity index is 2580. The van der Waals surface area contributed by atoms with Crippen molar-refractivity contribution in [2.75, 3.05) is 27.3 Å². The van der Waals surface area contributed by atoms with Crippen LogP contribution in [-0.2, 0) is 38.5 Å². The zero-order chi connectivity index (χ0) is 45.6. The number of benzene rings is 4. The summed E-state index contributed by atoms with van der Waals surface area (Å²) in [6, 6.07) is 24.7. The number of rotatable bonds is 10. The van der Waals surface area contributed by atoms with Crippen molar-refractivity contribution in [2.45, 2.75) is 70.3 Å². The van der Waals surface area contributed by atoms with Gasteiger partial charge in [-0.05, 0) is 95.2 Å². The average molecular weight is 889 g/mol. The maximum Gasteiger partial charge on any atom is 0.407 e. The van der Waals surface area contributed by atoms with E-state index in [1.807, 2.05) is 82.9 Å². The maximum absolute atomic E-state index is 14.2. The highest BCUT2D eigenvalue weighted by Crippen LogP contribution is 2.49. The van der Waals surface area contributed by atoms with Crippen LogP contribution in [-0.4, -0.2) is 81.0 Å². The van der Waals surface area contributed by atoms with Crippen molar-refractivity contribution < 1.29 is 33.4 Å². The molecule has 2 saturated heterocycles. The molecule has 0 unspecified atom stereocenters. The summed E-state index contributed by atoms with van der Waals surface area (Å²) in [7, 11) is 2.57. The third-order valence-corrected chi connectivity index (χ3v) is 13.5. The fourth-order valence-corrected chi connectivity index (χ4v) is 10.4. The Morgan fingerprint density at radius 3 is 1.59 bits per heavy atom. The van der Waals surface area contributed by atoms with Gasteiger partial charge in [0.05, 0.1) is 50.1 Å². The van der Waals surface area contributed by atoms with E-state index in [4.69, 9.17) is 24.2 Å². The number of hydrogen-bond donors (Lipinski definition) is 4. The second-order valence-electron chi connectivity index (χ2n) is 18.0. The largest absolute Gasteiger partial charge is 0.488 e. The third-order valence-electron chi connectivity index (χ3n) is 13.5. The number of H-pyrrole nitrogens is 2. The SMILES string of the molecule is COC(=O)N[C@@H](C(=O)N1C[C@@H](C)C[C@H]1c1ncc(-c2cc3c4c(c2)COc2cc(-c5cnc([C@@H]6C[C@H](C)CN6C(=O)[C@H](NC(=O)OC)c6ccccc6)[nH]5)cc(c2-4)CC3)[nH]1)c1ccccc1. The monoisotopic (exact) mass is 888 g/mol. The van der Waals surface area contributed by atoms with Gasteiger partial charge in [0.2, 0.25) is 0 Å². The molecular formula is C51H52N8O7. The highest BCUT2D eigenvalue weighted by atomic mass is 16.5. The molecule has 0 bridgehead atoms. The first-order valence-corrected chi connectivity index (χ1v) is 22.5. The fourth-order valence-electron chi connectivity index (χ4n) is 10.4. The number of carbonyl (C=O) groups excluding carboxylic acids is 4. The van der Waals surface area contributed by atoms with E-state index in [-0.39, 0.29) is 35.7 Å². The van der Waals surface area contributed by atoms with Crippen molar-refractivity contribution >= 4 is 24.0 Å². The van der Waals surface area contributed by atoms with Gasteiger partial charge in [0.15, 0.2) is 0 Å². The van der Waals surface area contributed by atoms with E-state index in [0.717, 1.165) is 65.1 Å². The highest BCUT2D eigenvalue weighted by molar-refractivity contribution is 5.89. The van der Waals surface area contributed by atoms with Crippen LogP contribution in [0.25, 0.3) is 33.6 Å². The van der Waals surface area contributed by atoms with E-state index in [1.165, 1.54) is 30.9 Å². The van der Waals surface area contributed by atoms with Gasteiger partial charge >= 0.3 is 12.2 Å². The molecule has 66 heavy (non-hydrogen) atoms. The number of aromatic amines is 2. The Labute approximate surface area is 382 Å². The zero-order valence-corrected chi connectivity index (χ0v) is 37.3. The molecule has 0 radical (unpaired) electrons. The van der Waals surface area contributed by atoms with Crippen molar-refractivity contribution in [3.8, 4) is 39.4 Å². The first kappa shape index (κ1) is 42.5. The van der Waals surface area contributed by atoms with Crippen molar-refractivity contribution in [1.29, 1.82) is 0 Å². The number of hydrogen-bond acceptors (Lipinski definition) is 9. The van der Waals surface area contributed by atoms with Crippen LogP contribution in [0.15, 0.2) is 97.3 Å². The molecule has 4 aromatic carbocycles. The Balaban J connectivity index is 0.891. The molecule has 1 aliphatic carbocycles. The smallest absolute Gasteiger partial charge is 0.407 e. The topological polar surface area (TPSA) is 184 Å². The Morgan fingerprint density at radius 2 is 1.11 bits per heavy atom. The number of aromatic nitrogens is 4. The van der Waals surface area contributed by atoms with Gasteiger partial charge < -0.3 is 44.6 Å². The minimum absolute atomic E-state index is 0.217. The molecular weight excluding hydrogens is 837 g/mol. The van der Waals surface area contributed by atoms with Gasteiger partial charge in [-0.1, -0.05) is 74.5 Å². The standard InChI is InChI=1S/C51H52N8O7/c1-28-17-39(58(25-28)48(60)44(56-50(62)64-3)30-11-7-5-8-12-30)46-52-23-37(54-46)34-19-32-15-16-33-20-35(22-41-43(33)42(32)36(21-34)27-66-41)38-24-53-47(55-38)40-18-29(2)26-59(40)49(61)45(57-51(63)65-4)31-13-9-6-10-14-31/h5-14,19-24,28-29,39-40,44-45H,15-18,25-27H2,1-4H3,(H,52,54)(H,53,55)(H,56,62)(H,57,63)/t28-,29-,39-,40-,44+,45+/m0/s1. The van der Waals surface area contributed by atoms with Crippen molar-refractivity contribution in [3.05, 3.63) is 137 Å². The van der Waals surface area contributed by atoms with Crippen LogP contribution in [0.4, 0.5) is 9.59 Å². The number of nitrogens with zero attached hydrogens (tertiary/aromatic N) is 4. The molecule has 2 fully saturated rings. The molecule has 6 atom stereocenters. The molecule has 5 heterocycles. The van der Waals surface area contributed by atoms with E-state index in [9.17, 15) is 19.2 Å². The summed E-state index contributed by atoms with van der Waals surface area (Å²) in [4.78, 5) is 73.7. The number of amides is 4. The van der Waals surface area contributed by atoms with Gasteiger partial charge in [0.1, 0.15) is 36.1 Å². The summed E-state index contributed by atoms with van der Waals surface area (Å²) in [5.74, 6) is 2.23. The summed E-state index contributed by atoms with van der Waals surface area (Å²) in [5, 5.41) is 5.50. The molecule has 338 valence electrons. The lowest BCUT2D eigenvalue weighted by Crippen LogP contribution is -2.43. The lowest BCUT2D eigenvalue weighted by molar-refractivity contribution is -0.135. The molecule has 4 amide bonds. The Morgan fingerprint density at radius 1 is 0.652 bits per heavy atom. The van der Waals surface area contributed by atoms with Crippen LogP contribution in [0.5, 0.6) is 5.75 Å². The van der Waals surface area contributed by atoms with Gasteiger partial charge in [0, 0.05) is 29.8 Å². The summed E-state index contributed by atoms with van der Waals surface area (Å²) >= 11 is 0. The molecule has 0 spiro atoms. The van der Waals surface area contributed by atoms with Crippen LogP contribution in [0.1, 0.15) is 90.3 Å². The Hall–Kier alpha value is -7.42. The van der Waals surface area contributed by atoms with Crippen LogP contribution in [0.2, 0.25) is 0 Å². The first-order valence-electron chi connectivity index (χ1n) is 22.5. The Kier molecular flexibility index (Phi) is 11.3. The number of aryl methyl sites for hydroxylation is 2. The van der Waals surface area contributed by atoms with E-state index >= 15 is 0 Å². The number of alkyl carbamates (subject to hydrolysis) is 2. The predicted molar refractivity (Wildman–Crippen MR) is 245 cm³/mol. The third kappa shape index (κ3) is 7.92. The second kappa shape index (κ2) is 17.5. The molecule has 6 aromatic rings. The number of methoxy groups -OCH3 is 2. The van der Waals surface area contributed by atoms with Crippen molar-refractivity contribution in [1.82, 2.24) is 40.4 Å². The van der Waals surface area contributed by atoms with Gasteiger partial charge in [-0.25, -0.2) is 19.6 Å². The minimum atomic E-state index is -0.908.